The first kappa shape index (κ1) is 11.9. The maximum atomic E-state index is 12.0. The normalized spacial score (nSPS) is 20.8. The molecule has 2 unspecified atom stereocenters. The van der Waals surface area contributed by atoms with Gasteiger partial charge in [0.1, 0.15) is 5.75 Å². The molecule has 4 nitrogen and oxygen atoms in total. The van der Waals surface area contributed by atoms with Gasteiger partial charge in [-0.25, -0.2) is 0 Å². The van der Waals surface area contributed by atoms with Crippen molar-refractivity contribution >= 4 is 11.6 Å². The molecule has 0 aliphatic carbocycles. The lowest BCUT2D eigenvalue weighted by atomic mass is 10.1. The van der Waals surface area contributed by atoms with Crippen LogP contribution in [0.25, 0.3) is 0 Å². The number of rotatable bonds is 2. The van der Waals surface area contributed by atoms with Crippen molar-refractivity contribution < 1.29 is 9.53 Å². The Labute approximate surface area is 101 Å². The third kappa shape index (κ3) is 2.00. The minimum absolute atomic E-state index is 0.00169. The molecule has 2 N–H and O–H groups in total. The van der Waals surface area contributed by atoms with Gasteiger partial charge in [-0.1, -0.05) is 13.0 Å². The van der Waals surface area contributed by atoms with Gasteiger partial charge in [-0.3, -0.25) is 4.79 Å². The van der Waals surface area contributed by atoms with Crippen LogP contribution in [0.15, 0.2) is 18.2 Å². The first-order valence-electron chi connectivity index (χ1n) is 5.88. The highest BCUT2D eigenvalue weighted by Gasteiger charge is 2.30. The fraction of sp³-hybridized carbons (Fsp3) is 0.462. The summed E-state index contributed by atoms with van der Waals surface area (Å²) < 4.78 is 5.67. The van der Waals surface area contributed by atoms with Crippen molar-refractivity contribution in [1.82, 2.24) is 0 Å². The highest BCUT2D eigenvalue weighted by Crippen LogP contribution is 2.35. The molecule has 0 aromatic heterocycles. The van der Waals surface area contributed by atoms with Gasteiger partial charge in [0.15, 0.2) is 6.10 Å². The van der Waals surface area contributed by atoms with Crippen LogP contribution in [0.4, 0.5) is 5.69 Å². The molecular weight excluding hydrogens is 216 g/mol. The van der Waals surface area contributed by atoms with Gasteiger partial charge in [0.2, 0.25) is 0 Å². The van der Waals surface area contributed by atoms with Gasteiger partial charge in [-0.2, -0.15) is 0 Å². The molecular formula is C13H18N2O2. The minimum atomic E-state index is -0.367. The van der Waals surface area contributed by atoms with E-state index in [0.717, 1.165) is 17.0 Å². The van der Waals surface area contributed by atoms with Crippen LogP contribution in [-0.4, -0.2) is 19.1 Å². The van der Waals surface area contributed by atoms with E-state index in [1.54, 1.807) is 11.9 Å². The summed E-state index contributed by atoms with van der Waals surface area (Å²) in [5.74, 6) is 0.755. The maximum Gasteiger partial charge on any atom is 0.267 e. The molecule has 1 aromatic rings. The summed E-state index contributed by atoms with van der Waals surface area (Å²) >= 11 is 0. The lowest BCUT2D eigenvalue weighted by Gasteiger charge is -2.32. The average molecular weight is 234 g/mol. The Kier molecular flexibility index (Phi) is 3.07. The molecule has 0 saturated carbocycles. The van der Waals surface area contributed by atoms with Gasteiger partial charge in [-0.05, 0) is 31.0 Å². The summed E-state index contributed by atoms with van der Waals surface area (Å²) in [4.78, 5) is 13.6. The van der Waals surface area contributed by atoms with E-state index < -0.39 is 0 Å². The SMILES string of the molecule is CCC1Oc2ccc(C(C)N)cc2N(C)C1=O. The molecule has 2 atom stereocenters. The summed E-state index contributed by atoms with van der Waals surface area (Å²) in [6.07, 6.45) is 0.311. The zero-order valence-electron chi connectivity index (χ0n) is 10.4. The molecule has 4 heteroatoms. The number of nitrogens with two attached hydrogens (primary N) is 1. The molecule has 17 heavy (non-hydrogen) atoms. The molecule has 1 aliphatic rings. The predicted molar refractivity (Wildman–Crippen MR) is 67.2 cm³/mol. The summed E-state index contributed by atoms with van der Waals surface area (Å²) in [5.41, 5.74) is 7.64. The van der Waals surface area contributed by atoms with Gasteiger partial charge in [0.25, 0.3) is 5.91 Å². The zero-order chi connectivity index (χ0) is 12.6. The fourth-order valence-corrected chi connectivity index (χ4v) is 1.98. The van der Waals surface area contributed by atoms with E-state index in [-0.39, 0.29) is 18.1 Å². The molecule has 92 valence electrons. The summed E-state index contributed by atoms with van der Waals surface area (Å²) in [6, 6.07) is 5.70. The van der Waals surface area contributed by atoms with Gasteiger partial charge in [0.05, 0.1) is 5.69 Å². The Morgan fingerprint density at radius 2 is 2.24 bits per heavy atom. The van der Waals surface area contributed by atoms with Crippen molar-refractivity contribution in [2.45, 2.75) is 32.4 Å². The van der Waals surface area contributed by atoms with Crippen molar-refractivity contribution in [3.05, 3.63) is 23.8 Å². The molecule has 1 heterocycles. The van der Waals surface area contributed by atoms with Crippen LogP contribution in [-0.2, 0) is 4.79 Å². The summed E-state index contributed by atoms with van der Waals surface area (Å²) in [7, 11) is 1.78. The average Bonchev–Trinajstić information content (AvgIpc) is 2.33. The molecule has 0 saturated heterocycles. The third-order valence-electron chi connectivity index (χ3n) is 3.12. The van der Waals surface area contributed by atoms with Crippen LogP contribution in [0.1, 0.15) is 31.9 Å². The Morgan fingerprint density at radius 1 is 1.53 bits per heavy atom. The molecule has 0 fully saturated rings. The monoisotopic (exact) mass is 234 g/mol. The number of amides is 1. The van der Waals surface area contributed by atoms with E-state index in [1.165, 1.54) is 0 Å². The Morgan fingerprint density at radius 3 is 2.82 bits per heavy atom. The third-order valence-corrected chi connectivity index (χ3v) is 3.12. The highest BCUT2D eigenvalue weighted by atomic mass is 16.5. The van der Waals surface area contributed by atoms with E-state index in [2.05, 4.69) is 0 Å². The number of benzene rings is 1. The molecule has 1 aliphatic heterocycles. The lowest BCUT2D eigenvalue weighted by molar-refractivity contribution is -0.126. The second kappa shape index (κ2) is 4.37. The van der Waals surface area contributed by atoms with Gasteiger partial charge in [-0.15, -0.1) is 0 Å². The Bertz CT molecular complexity index is 443. The number of fused-ring (bicyclic) bond motifs is 1. The second-order valence-electron chi connectivity index (χ2n) is 4.43. The van der Waals surface area contributed by atoms with Crippen LogP contribution in [0.2, 0.25) is 0 Å². The Balaban J connectivity index is 2.43. The van der Waals surface area contributed by atoms with Crippen molar-refractivity contribution in [3.63, 3.8) is 0 Å². The van der Waals surface area contributed by atoms with Crippen molar-refractivity contribution in [1.29, 1.82) is 0 Å². The number of likely N-dealkylation sites (N-methyl/N-ethyl adjacent to an activating group) is 1. The lowest BCUT2D eigenvalue weighted by Crippen LogP contribution is -2.43. The quantitative estimate of drug-likeness (QED) is 0.849. The largest absolute Gasteiger partial charge is 0.478 e. The number of carbonyl (C=O) groups is 1. The van der Waals surface area contributed by atoms with E-state index in [1.807, 2.05) is 32.0 Å². The van der Waals surface area contributed by atoms with Crippen molar-refractivity contribution in [3.8, 4) is 5.75 Å². The van der Waals surface area contributed by atoms with Crippen LogP contribution >= 0.6 is 0 Å². The summed E-state index contributed by atoms with van der Waals surface area (Å²) in [6.45, 7) is 3.86. The second-order valence-corrected chi connectivity index (χ2v) is 4.43. The molecule has 1 aromatic carbocycles. The van der Waals surface area contributed by atoms with E-state index in [0.29, 0.717) is 6.42 Å². The molecule has 0 bridgehead atoms. The van der Waals surface area contributed by atoms with Crippen LogP contribution in [0.3, 0.4) is 0 Å². The predicted octanol–water partition coefficient (Wildman–Crippen LogP) is 1.84. The van der Waals surface area contributed by atoms with Gasteiger partial charge in [0, 0.05) is 13.1 Å². The molecule has 0 radical (unpaired) electrons. The standard InChI is InChI=1S/C13H18N2O2/c1-4-11-13(16)15(3)10-7-9(8(2)14)5-6-12(10)17-11/h5-8,11H,4,14H2,1-3H3. The molecule has 1 amide bonds. The first-order chi connectivity index (χ1) is 8.04. The van der Waals surface area contributed by atoms with Gasteiger partial charge >= 0.3 is 0 Å². The van der Waals surface area contributed by atoms with E-state index in [9.17, 15) is 4.79 Å². The number of hydrogen-bond acceptors (Lipinski definition) is 3. The topological polar surface area (TPSA) is 55.6 Å². The van der Waals surface area contributed by atoms with E-state index >= 15 is 0 Å². The van der Waals surface area contributed by atoms with Crippen molar-refractivity contribution in [2.75, 3.05) is 11.9 Å². The number of hydrogen-bond donors (Lipinski definition) is 1. The fourth-order valence-electron chi connectivity index (χ4n) is 1.98. The number of carbonyl (C=O) groups excluding carboxylic acids is 1. The zero-order valence-corrected chi connectivity index (χ0v) is 10.4. The van der Waals surface area contributed by atoms with Crippen LogP contribution < -0.4 is 15.4 Å². The molecule has 0 spiro atoms. The van der Waals surface area contributed by atoms with Gasteiger partial charge < -0.3 is 15.4 Å². The first-order valence-corrected chi connectivity index (χ1v) is 5.88. The Hall–Kier alpha value is -1.55. The summed E-state index contributed by atoms with van der Waals surface area (Å²) in [5, 5.41) is 0. The minimum Gasteiger partial charge on any atom is -0.478 e. The molecule has 2 rings (SSSR count). The van der Waals surface area contributed by atoms with Crippen LogP contribution in [0, 0.1) is 0 Å². The smallest absolute Gasteiger partial charge is 0.267 e. The number of nitrogens with zero attached hydrogens (tertiary/aromatic N) is 1. The van der Waals surface area contributed by atoms with Crippen LogP contribution in [0.5, 0.6) is 5.75 Å². The maximum absolute atomic E-state index is 12.0. The number of anilines is 1. The highest BCUT2D eigenvalue weighted by molar-refractivity contribution is 5.99. The number of ether oxygens (including phenoxy) is 1. The van der Waals surface area contributed by atoms with E-state index in [4.69, 9.17) is 10.5 Å². The van der Waals surface area contributed by atoms with Crippen molar-refractivity contribution in [2.24, 2.45) is 5.73 Å².